The van der Waals surface area contributed by atoms with Gasteiger partial charge in [0.2, 0.25) is 0 Å². The molecule has 0 unspecified atom stereocenters. The van der Waals surface area contributed by atoms with E-state index in [2.05, 4.69) is 51.0 Å². The Morgan fingerprint density at radius 2 is 1.94 bits per heavy atom. The van der Waals surface area contributed by atoms with Crippen LogP contribution >= 0.6 is 11.6 Å². The number of hydrogen-bond acceptors (Lipinski definition) is 7. The normalized spacial score (nSPS) is 16.7. The lowest BCUT2D eigenvalue weighted by Gasteiger charge is -2.12. The van der Waals surface area contributed by atoms with Gasteiger partial charge in [0.05, 0.1) is 39.8 Å². The Kier molecular flexibility index (Phi) is 9.20. The van der Waals surface area contributed by atoms with E-state index in [1.165, 1.54) is 6.20 Å². The molecule has 48 heavy (non-hydrogen) atoms. The molecule has 10 nitrogen and oxygen atoms in total. The van der Waals surface area contributed by atoms with Crippen LogP contribution in [0.2, 0.25) is 5.02 Å². The van der Waals surface area contributed by atoms with E-state index in [9.17, 15) is 18.4 Å². The lowest BCUT2D eigenvalue weighted by Crippen LogP contribution is -2.31. The number of ether oxygens (including phenoxy) is 1. The zero-order valence-corrected chi connectivity index (χ0v) is 27.3. The molecule has 0 bridgehead atoms. The highest BCUT2D eigenvalue weighted by molar-refractivity contribution is 6.34. The first kappa shape index (κ1) is 33.1. The summed E-state index contributed by atoms with van der Waals surface area (Å²) in [5.41, 5.74) is 9.37. The van der Waals surface area contributed by atoms with E-state index in [1.54, 1.807) is 36.5 Å². The summed E-state index contributed by atoms with van der Waals surface area (Å²) in [6.07, 6.45) is 5.01. The molecule has 1 saturated carbocycles. The molecule has 2 amide bonds. The number of carbonyl (C=O) groups excluding carboxylic acids is 2. The number of benzene rings is 1. The van der Waals surface area contributed by atoms with Gasteiger partial charge in [0.15, 0.2) is 5.83 Å². The number of nitrogens with zero attached hydrogens (tertiary/aromatic N) is 4. The Morgan fingerprint density at radius 1 is 1.19 bits per heavy atom. The Balaban J connectivity index is 1.42. The molecule has 248 valence electrons. The Bertz CT molecular complexity index is 2000. The van der Waals surface area contributed by atoms with E-state index in [0.717, 1.165) is 19.5 Å². The number of fused-ring (bicyclic) bond motifs is 1. The molecular formula is C35H34ClF2N7O3. The lowest BCUT2D eigenvalue weighted by atomic mass is 9.98. The number of aryl methyl sites for hydroxylation is 1. The highest BCUT2D eigenvalue weighted by Gasteiger charge is 2.43. The molecule has 1 aromatic carbocycles. The number of aromatic nitrogens is 3. The predicted octanol–water partition coefficient (Wildman–Crippen LogP) is 5.26. The van der Waals surface area contributed by atoms with Gasteiger partial charge in [-0.05, 0) is 50.1 Å². The highest BCUT2D eigenvalue weighted by atomic mass is 35.5. The van der Waals surface area contributed by atoms with E-state index in [0.29, 0.717) is 57.4 Å². The minimum absolute atomic E-state index is 0.0351. The maximum atomic E-state index is 14.1. The van der Waals surface area contributed by atoms with Gasteiger partial charge in [0, 0.05) is 49.3 Å². The van der Waals surface area contributed by atoms with Gasteiger partial charge in [-0.2, -0.15) is 0 Å². The number of hydrogen-bond donors (Lipinski definition) is 3. The second-order valence-corrected chi connectivity index (χ2v) is 12.6. The van der Waals surface area contributed by atoms with Crippen LogP contribution in [0.3, 0.4) is 0 Å². The standard InChI is InChI=1S/C35H34ClF2N7O3/c1-20(37)33(46)43-24-8-6-21(7-9-24)30-27(23-15-26(36)29(40-17-23)34(47)42-19-35(38)11-12-35)28-31(45(30)3)22(16-41-32(28)39)5-4-14-48-25-10-13-44(2)18-25/h6-9,15-17,25H,1,10-14,18-19H2,2-3H3,(H2,39,41)(H,42,47)(H,43,46)/t25-/m1/s1. The van der Waals surface area contributed by atoms with Crippen LogP contribution in [0.1, 0.15) is 35.3 Å². The quantitative estimate of drug-likeness (QED) is 0.163. The zero-order chi connectivity index (χ0) is 34.2. The van der Waals surface area contributed by atoms with Crippen molar-refractivity contribution in [1.82, 2.24) is 24.8 Å². The number of carbonyl (C=O) groups is 2. The fourth-order valence-corrected chi connectivity index (χ4v) is 6.08. The van der Waals surface area contributed by atoms with Crippen molar-refractivity contribution in [2.45, 2.75) is 31.0 Å². The fourth-order valence-electron chi connectivity index (χ4n) is 5.83. The van der Waals surface area contributed by atoms with E-state index in [1.807, 2.05) is 11.6 Å². The molecule has 0 spiro atoms. The van der Waals surface area contributed by atoms with E-state index in [4.69, 9.17) is 22.1 Å². The molecule has 1 aliphatic carbocycles. The highest BCUT2D eigenvalue weighted by Crippen LogP contribution is 2.44. The fraction of sp³-hybridized carbons (Fsp3) is 0.314. The summed E-state index contributed by atoms with van der Waals surface area (Å²) < 4.78 is 35.4. The van der Waals surface area contributed by atoms with E-state index >= 15 is 0 Å². The van der Waals surface area contributed by atoms with Gasteiger partial charge >= 0.3 is 0 Å². The first-order valence-electron chi connectivity index (χ1n) is 15.4. The minimum atomic E-state index is -1.37. The largest absolute Gasteiger partial charge is 0.383 e. The third-order valence-corrected chi connectivity index (χ3v) is 8.85. The molecule has 4 heterocycles. The first-order valence-corrected chi connectivity index (χ1v) is 15.8. The second kappa shape index (κ2) is 13.4. The average molecular weight is 674 g/mol. The van der Waals surface area contributed by atoms with Crippen LogP contribution in [0.25, 0.3) is 33.3 Å². The smallest absolute Gasteiger partial charge is 0.283 e. The number of rotatable bonds is 9. The van der Waals surface area contributed by atoms with E-state index in [-0.39, 0.29) is 35.8 Å². The second-order valence-electron chi connectivity index (χ2n) is 12.2. The van der Waals surface area contributed by atoms with Gasteiger partial charge in [-0.15, -0.1) is 0 Å². The number of nitrogens with one attached hydrogen (secondary N) is 2. The Morgan fingerprint density at radius 3 is 2.58 bits per heavy atom. The van der Waals surface area contributed by atoms with Crippen LogP contribution in [-0.4, -0.2) is 76.3 Å². The van der Waals surface area contributed by atoms with Crippen molar-refractivity contribution in [1.29, 1.82) is 0 Å². The summed E-state index contributed by atoms with van der Waals surface area (Å²) in [4.78, 5) is 35.7. The zero-order valence-electron chi connectivity index (χ0n) is 26.5. The predicted molar refractivity (Wildman–Crippen MR) is 182 cm³/mol. The van der Waals surface area contributed by atoms with Crippen LogP contribution in [0.15, 0.2) is 55.1 Å². The maximum absolute atomic E-state index is 14.1. The summed E-state index contributed by atoms with van der Waals surface area (Å²) in [6, 6.07) is 8.39. The maximum Gasteiger partial charge on any atom is 0.283 e. The molecule has 13 heteroatoms. The third-order valence-electron chi connectivity index (χ3n) is 8.57. The van der Waals surface area contributed by atoms with Crippen LogP contribution in [-0.2, 0) is 16.6 Å². The van der Waals surface area contributed by atoms with Crippen molar-refractivity contribution in [3.8, 4) is 34.2 Å². The van der Waals surface area contributed by atoms with Crippen molar-refractivity contribution in [2.24, 2.45) is 7.05 Å². The monoisotopic (exact) mass is 673 g/mol. The van der Waals surface area contributed by atoms with Gasteiger partial charge in [-0.3, -0.25) is 9.59 Å². The number of likely N-dealkylation sites (N-methyl/N-ethyl adjacent to an activating group) is 1. The van der Waals surface area contributed by atoms with Crippen LogP contribution in [0, 0.1) is 11.8 Å². The molecule has 4 aromatic rings. The summed E-state index contributed by atoms with van der Waals surface area (Å²) in [5.74, 6) is 3.92. The first-order chi connectivity index (χ1) is 22.9. The Labute approximate surface area is 281 Å². The number of pyridine rings is 2. The summed E-state index contributed by atoms with van der Waals surface area (Å²) in [6.45, 7) is 5.02. The van der Waals surface area contributed by atoms with Gasteiger partial charge in [0.1, 0.15) is 23.8 Å². The summed E-state index contributed by atoms with van der Waals surface area (Å²) in [7, 11) is 3.92. The Hall–Kier alpha value is -4.83. The number of alkyl halides is 1. The van der Waals surface area contributed by atoms with Gasteiger partial charge in [0.25, 0.3) is 11.8 Å². The van der Waals surface area contributed by atoms with Crippen LogP contribution in [0.4, 0.5) is 20.3 Å². The minimum Gasteiger partial charge on any atom is -0.383 e. The molecule has 2 aliphatic rings. The van der Waals surface area contributed by atoms with Crippen molar-refractivity contribution >= 4 is 45.8 Å². The van der Waals surface area contributed by atoms with Crippen molar-refractivity contribution in [3.05, 3.63) is 71.4 Å². The van der Waals surface area contributed by atoms with Gasteiger partial charge in [-0.1, -0.05) is 42.2 Å². The third kappa shape index (κ3) is 6.89. The number of anilines is 2. The molecule has 1 saturated heterocycles. The molecule has 1 aliphatic heterocycles. The topological polar surface area (TPSA) is 127 Å². The average Bonchev–Trinajstić information content (AvgIpc) is 3.51. The molecule has 6 rings (SSSR count). The summed E-state index contributed by atoms with van der Waals surface area (Å²) in [5, 5.41) is 5.69. The molecule has 4 N–H and O–H groups in total. The van der Waals surface area contributed by atoms with Crippen molar-refractivity contribution in [2.75, 3.05) is 44.3 Å². The number of amides is 2. The summed E-state index contributed by atoms with van der Waals surface area (Å²) >= 11 is 6.62. The van der Waals surface area contributed by atoms with Crippen molar-refractivity contribution < 1.29 is 23.1 Å². The number of halogens is 3. The van der Waals surface area contributed by atoms with Gasteiger partial charge < -0.3 is 30.6 Å². The SMILES string of the molecule is C=C(F)C(=O)Nc1ccc(-c2c(-c3cnc(C(=O)NCC4(F)CC4)c(Cl)c3)c3c(N)ncc(C#CCO[C@@H]4CCN(C)C4)c3n2C)cc1. The van der Waals surface area contributed by atoms with Gasteiger partial charge in [-0.25, -0.2) is 18.7 Å². The number of nitrogens with two attached hydrogens (primary N) is 1. The lowest BCUT2D eigenvalue weighted by molar-refractivity contribution is -0.114. The van der Waals surface area contributed by atoms with Crippen LogP contribution < -0.4 is 16.4 Å². The molecular weight excluding hydrogens is 640 g/mol. The molecule has 1 atom stereocenters. The molecule has 0 radical (unpaired) electrons. The number of nitrogen functional groups attached to an aromatic ring is 1. The van der Waals surface area contributed by atoms with E-state index < -0.39 is 23.3 Å². The molecule has 3 aromatic heterocycles. The van der Waals surface area contributed by atoms with Crippen molar-refractivity contribution in [3.63, 3.8) is 0 Å². The number of likely N-dealkylation sites (tertiary alicyclic amines) is 1. The molecule has 2 fully saturated rings. The van der Waals surface area contributed by atoms with Crippen LogP contribution in [0.5, 0.6) is 0 Å².